The summed E-state index contributed by atoms with van der Waals surface area (Å²) in [6.07, 6.45) is 7.39. The minimum atomic E-state index is 0.101. The molecule has 1 heterocycles. The van der Waals surface area contributed by atoms with Gasteiger partial charge in [0.25, 0.3) is 0 Å². The summed E-state index contributed by atoms with van der Waals surface area (Å²) < 4.78 is 6.99. The topological polar surface area (TPSA) is 82.2 Å². The molecule has 2 aliphatic rings. The lowest BCUT2D eigenvalue weighted by molar-refractivity contribution is -0.128. The largest absolute Gasteiger partial charge is 0.497 e. The Morgan fingerprint density at radius 1 is 1.22 bits per heavy atom. The Morgan fingerprint density at radius 3 is 2.59 bits per heavy atom. The van der Waals surface area contributed by atoms with Crippen LogP contribution in [0.25, 0.3) is 5.69 Å². The second-order valence-electron chi connectivity index (χ2n) is 7.86. The lowest BCUT2D eigenvalue weighted by Crippen LogP contribution is -2.49. The molecule has 0 aliphatic heterocycles. The van der Waals surface area contributed by atoms with Crippen LogP contribution in [0, 0.1) is 17.8 Å². The monoisotopic (exact) mass is 368 g/mol. The molecule has 1 amide bonds. The molecule has 144 valence electrons. The first-order valence-corrected chi connectivity index (χ1v) is 9.86. The molecule has 3 N–H and O–H groups in total. The molecule has 2 saturated carbocycles. The van der Waals surface area contributed by atoms with Gasteiger partial charge in [-0.15, -0.1) is 0 Å². The lowest BCUT2D eigenvalue weighted by Gasteiger charge is -2.43. The fraction of sp³-hybridized carbons (Fsp3) is 0.524. The van der Waals surface area contributed by atoms with Crippen molar-refractivity contribution in [3.8, 4) is 11.4 Å². The third kappa shape index (κ3) is 3.86. The molecule has 27 heavy (non-hydrogen) atoms. The van der Waals surface area contributed by atoms with E-state index in [1.807, 2.05) is 41.2 Å². The van der Waals surface area contributed by atoms with Gasteiger partial charge >= 0.3 is 0 Å². The van der Waals surface area contributed by atoms with E-state index in [0.29, 0.717) is 24.4 Å². The zero-order valence-electron chi connectivity index (χ0n) is 15.8. The summed E-state index contributed by atoms with van der Waals surface area (Å²) in [5, 5.41) is 7.64. The Hall–Kier alpha value is -2.34. The quantitative estimate of drug-likeness (QED) is 0.850. The predicted molar refractivity (Wildman–Crippen MR) is 103 cm³/mol. The number of fused-ring (bicyclic) bond motifs is 2. The number of nitrogens with zero attached hydrogens (tertiary/aromatic N) is 2. The van der Waals surface area contributed by atoms with Crippen LogP contribution in [0.15, 0.2) is 36.5 Å². The van der Waals surface area contributed by atoms with Crippen molar-refractivity contribution in [2.45, 2.75) is 44.7 Å². The molecule has 2 fully saturated rings. The number of aromatic nitrogens is 2. The van der Waals surface area contributed by atoms with Gasteiger partial charge in [-0.25, -0.2) is 4.68 Å². The summed E-state index contributed by atoms with van der Waals surface area (Å²) >= 11 is 0. The van der Waals surface area contributed by atoms with Gasteiger partial charge in [0.1, 0.15) is 5.75 Å². The van der Waals surface area contributed by atoms with E-state index in [1.54, 1.807) is 7.11 Å². The van der Waals surface area contributed by atoms with Crippen LogP contribution in [0.4, 0.5) is 0 Å². The summed E-state index contributed by atoms with van der Waals surface area (Å²) in [6.45, 7) is 0.458. The van der Waals surface area contributed by atoms with Crippen molar-refractivity contribution in [1.29, 1.82) is 0 Å². The van der Waals surface area contributed by atoms with Gasteiger partial charge in [0.2, 0.25) is 5.91 Å². The van der Waals surface area contributed by atoms with E-state index in [9.17, 15) is 4.79 Å². The number of nitrogens with one attached hydrogen (secondary N) is 1. The summed E-state index contributed by atoms with van der Waals surface area (Å²) in [7, 11) is 1.65. The van der Waals surface area contributed by atoms with Gasteiger partial charge in [-0.05, 0) is 67.9 Å². The van der Waals surface area contributed by atoms with Crippen LogP contribution >= 0.6 is 0 Å². The van der Waals surface area contributed by atoms with Gasteiger partial charge in [-0.2, -0.15) is 5.10 Å². The maximum Gasteiger partial charge on any atom is 0.223 e. The van der Waals surface area contributed by atoms with Crippen LogP contribution in [-0.2, 0) is 11.3 Å². The Morgan fingerprint density at radius 2 is 1.93 bits per heavy atom. The highest BCUT2D eigenvalue weighted by Crippen LogP contribution is 2.41. The van der Waals surface area contributed by atoms with Gasteiger partial charge in [0.05, 0.1) is 25.0 Å². The van der Waals surface area contributed by atoms with E-state index in [1.165, 1.54) is 19.3 Å². The van der Waals surface area contributed by atoms with E-state index < -0.39 is 0 Å². The van der Waals surface area contributed by atoms with Gasteiger partial charge in [-0.1, -0.05) is 6.42 Å². The average Bonchev–Trinajstić information content (AvgIpc) is 3.15. The van der Waals surface area contributed by atoms with Crippen molar-refractivity contribution < 1.29 is 9.53 Å². The standard InChI is InChI=1S/C21H28N4O2/c1-27-19-7-5-18(6-8-19)25-10-9-17(24-25)13-23-21(26)16-11-14-3-2-4-15(12-16)20(14)22/h5-10,14-16,20H,2-4,11-13,22H2,1H3,(H,23,26). The van der Waals surface area contributed by atoms with Crippen molar-refractivity contribution in [2.75, 3.05) is 7.11 Å². The highest BCUT2D eigenvalue weighted by molar-refractivity contribution is 5.78. The first-order valence-electron chi connectivity index (χ1n) is 9.86. The number of ether oxygens (including phenoxy) is 1. The SMILES string of the molecule is COc1ccc(-n2ccc(CNC(=O)C3CC4CCCC(C3)C4N)n2)cc1. The molecular weight excluding hydrogens is 340 g/mol. The van der Waals surface area contributed by atoms with E-state index in [4.69, 9.17) is 10.5 Å². The lowest BCUT2D eigenvalue weighted by atomic mass is 9.65. The van der Waals surface area contributed by atoms with E-state index >= 15 is 0 Å². The van der Waals surface area contributed by atoms with Crippen LogP contribution < -0.4 is 15.8 Å². The molecule has 0 spiro atoms. The van der Waals surface area contributed by atoms with Crippen LogP contribution in [0.2, 0.25) is 0 Å². The van der Waals surface area contributed by atoms with Crippen LogP contribution in [0.3, 0.4) is 0 Å². The Kier molecular flexibility index (Phi) is 5.16. The second kappa shape index (κ2) is 7.72. The number of benzene rings is 1. The third-order valence-corrected chi connectivity index (χ3v) is 6.21. The zero-order valence-corrected chi connectivity index (χ0v) is 15.8. The molecule has 0 radical (unpaired) electrons. The number of hydrogen-bond acceptors (Lipinski definition) is 4. The molecular formula is C21H28N4O2. The molecule has 2 aromatic rings. The molecule has 1 aromatic heterocycles. The van der Waals surface area contributed by atoms with Crippen LogP contribution in [0.1, 0.15) is 37.8 Å². The fourth-order valence-corrected chi connectivity index (χ4v) is 4.66. The molecule has 2 aliphatic carbocycles. The number of carbonyl (C=O) groups is 1. The number of carbonyl (C=O) groups excluding carboxylic acids is 1. The predicted octanol–water partition coefficient (Wildman–Crippen LogP) is 2.65. The normalized spacial score (nSPS) is 27.2. The molecule has 6 heteroatoms. The van der Waals surface area contributed by atoms with E-state index in [0.717, 1.165) is 30.0 Å². The number of hydrogen-bond donors (Lipinski definition) is 2. The van der Waals surface area contributed by atoms with Crippen molar-refractivity contribution in [3.05, 3.63) is 42.2 Å². The molecule has 0 saturated heterocycles. The van der Waals surface area contributed by atoms with Crippen molar-refractivity contribution in [2.24, 2.45) is 23.5 Å². The Labute approximate surface area is 160 Å². The molecule has 6 nitrogen and oxygen atoms in total. The van der Waals surface area contributed by atoms with Crippen molar-refractivity contribution in [3.63, 3.8) is 0 Å². The number of nitrogens with two attached hydrogens (primary N) is 1. The highest BCUT2D eigenvalue weighted by Gasteiger charge is 2.40. The zero-order chi connectivity index (χ0) is 18.8. The Balaban J connectivity index is 1.33. The Bertz CT molecular complexity index is 772. The highest BCUT2D eigenvalue weighted by atomic mass is 16.5. The summed E-state index contributed by atoms with van der Waals surface area (Å²) in [5.74, 6) is 2.10. The first kappa shape index (κ1) is 18.0. The average molecular weight is 368 g/mol. The van der Waals surface area contributed by atoms with Gasteiger partial charge in [-0.3, -0.25) is 4.79 Å². The minimum Gasteiger partial charge on any atom is -0.497 e. The van der Waals surface area contributed by atoms with Crippen molar-refractivity contribution >= 4 is 5.91 Å². The molecule has 1 aromatic carbocycles. The first-order chi connectivity index (χ1) is 13.1. The molecule has 2 atom stereocenters. The van der Waals surface area contributed by atoms with Gasteiger partial charge in [0.15, 0.2) is 0 Å². The van der Waals surface area contributed by atoms with Crippen LogP contribution in [0.5, 0.6) is 5.75 Å². The summed E-state index contributed by atoms with van der Waals surface area (Å²) in [6, 6.07) is 9.96. The maximum atomic E-state index is 12.7. The minimum absolute atomic E-state index is 0.101. The summed E-state index contributed by atoms with van der Waals surface area (Å²) in [4.78, 5) is 12.7. The summed E-state index contributed by atoms with van der Waals surface area (Å²) in [5.41, 5.74) is 8.15. The van der Waals surface area contributed by atoms with E-state index in [2.05, 4.69) is 10.4 Å². The number of methoxy groups -OCH3 is 1. The van der Waals surface area contributed by atoms with Crippen LogP contribution in [-0.4, -0.2) is 28.8 Å². The second-order valence-corrected chi connectivity index (χ2v) is 7.86. The third-order valence-electron chi connectivity index (χ3n) is 6.21. The van der Waals surface area contributed by atoms with Crippen molar-refractivity contribution in [1.82, 2.24) is 15.1 Å². The van der Waals surface area contributed by atoms with Gasteiger partial charge in [0, 0.05) is 18.2 Å². The molecule has 4 rings (SSSR count). The molecule has 2 bridgehead atoms. The van der Waals surface area contributed by atoms with E-state index in [-0.39, 0.29) is 11.8 Å². The number of rotatable bonds is 5. The number of amides is 1. The smallest absolute Gasteiger partial charge is 0.223 e. The molecule has 2 unspecified atom stereocenters. The maximum absolute atomic E-state index is 12.7. The fourth-order valence-electron chi connectivity index (χ4n) is 4.66. The van der Waals surface area contributed by atoms with Gasteiger partial charge < -0.3 is 15.8 Å².